The van der Waals surface area contributed by atoms with E-state index in [2.05, 4.69) is 19.8 Å². The van der Waals surface area contributed by atoms with E-state index in [1.807, 2.05) is 13.8 Å². The maximum absolute atomic E-state index is 11.3. The molecule has 0 amide bonds. The minimum Gasteiger partial charge on any atom is -0.462 e. The average Bonchev–Trinajstić information content (AvgIpc) is 2.45. The fourth-order valence-electron chi connectivity index (χ4n) is 1.74. The first-order valence-corrected chi connectivity index (χ1v) is 6.10. The second kappa shape index (κ2) is 11.2. The number of hydrogen-bond donors (Lipinski definition) is 0. The summed E-state index contributed by atoms with van der Waals surface area (Å²) in [5.74, 6) is 0.372. The van der Waals surface area contributed by atoms with Crippen LogP contribution >= 0.6 is 0 Å². The summed E-state index contributed by atoms with van der Waals surface area (Å²) in [6, 6.07) is 0. The molecule has 0 aromatic heterocycles. The van der Waals surface area contributed by atoms with Gasteiger partial charge in [-0.25, -0.2) is 0 Å². The fraction of sp³-hybridized carbons (Fsp3) is 0.714. The van der Waals surface area contributed by atoms with Gasteiger partial charge in [-0.05, 0) is 18.8 Å². The van der Waals surface area contributed by atoms with Gasteiger partial charge in [0.15, 0.2) is 0 Å². The van der Waals surface area contributed by atoms with Crippen LogP contribution < -0.4 is 0 Å². The van der Waals surface area contributed by atoms with Gasteiger partial charge in [0.05, 0.1) is 0 Å². The van der Waals surface area contributed by atoms with Crippen LogP contribution in [0.1, 0.15) is 53.4 Å². The third-order valence-corrected chi connectivity index (χ3v) is 2.35. The molecule has 0 aromatic rings. The predicted octanol–water partition coefficient (Wildman–Crippen LogP) is 2.97. The van der Waals surface area contributed by atoms with Crippen LogP contribution in [0.5, 0.6) is 0 Å². The molecule has 0 heterocycles. The summed E-state index contributed by atoms with van der Waals surface area (Å²) in [4.78, 5) is 22.0. The van der Waals surface area contributed by atoms with E-state index in [-0.39, 0.29) is 17.9 Å². The molecule has 98 valence electrons. The van der Waals surface area contributed by atoms with Gasteiger partial charge in [0.25, 0.3) is 0 Å². The largest absolute Gasteiger partial charge is 0.462 e. The second-order valence-corrected chi connectivity index (χ2v) is 3.86. The smallest absolute Gasteiger partial charge is 0.302 e. The van der Waals surface area contributed by atoms with Gasteiger partial charge in [-0.2, -0.15) is 0 Å². The minimum atomic E-state index is -0.285. The van der Waals surface area contributed by atoms with Gasteiger partial charge in [0, 0.05) is 19.8 Å². The standard InChI is InChI=1S/C10H16O3.C2H6.C2H2/c1-7-3-4-10(13-8(2)11)6-9(12)5-7;2*1-2/h7,10H,3-6H2,1-2H3;1-2H3;1-2H. The Morgan fingerprint density at radius 1 is 1.24 bits per heavy atom. The van der Waals surface area contributed by atoms with Crippen molar-refractivity contribution in [1.82, 2.24) is 0 Å². The summed E-state index contributed by atoms with van der Waals surface area (Å²) in [7, 11) is 0. The molecule has 0 spiro atoms. The number of terminal acetylenes is 1. The number of ether oxygens (including phenoxy) is 1. The Hall–Kier alpha value is -1.30. The van der Waals surface area contributed by atoms with Crippen LogP contribution in [0.15, 0.2) is 0 Å². The van der Waals surface area contributed by atoms with Gasteiger partial charge < -0.3 is 4.74 Å². The van der Waals surface area contributed by atoms with Crippen molar-refractivity contribution < 1.29 is 14.3 Å². The predicted molar refractivity (Wildman–Crippen MR) is 69.4 cm³/mol. The van der Waals surface area contributed by atoms with Crippen molar-refractivity contribution in [2.24, 2.45) is 5.92 Å². The Morgan fingerprint density at radius 2 is 1.76 bits per heavy atom. The van der Waals surface area contributed by atoms with Crippen LogP contribution in [0.4, 0.5) is 0 Å². The van der Waals surface area contributed by atoms with Crippen molar-refractivity contribution in [3.05, 3.63) is 0 Å². The zero-order chi connectivity index (χ0) is 13.8. The molecule has 0 aliphatic heterocycles. The van der Waals surface area contributed by atoms with E-state index < -0.39 is 0 Å². The van der Waals surface area contributed by atoms with Crippen molar-refractivity contribution in [2.45, 2.75) is 59.5 Å². The molecule has 0 saturated heterocycles. The zero-order valence-electron chi connectivity index (χ0n) is 11.4. The molecule has 2 atom stereocenters. The molecule has 0 aromatic carbocycles. The molecule has 1 aliphatic carbocycles. The highest BCUT2D eigenvalue weighted by Crippen LogP contribution is 2.22. The molecule has 3 heteroatoms. The lowest BCUT2D eigenvalue weighted by atomic mass is 10.0. The third kappa shape index (κ3) is 9.62. The molecule has 0 bridgehead atoms. The van der Waals surface area contributed by atoms with E-state index in [4.69, 9.17) is 4.74 Å². The van der Waals surface area contributed by atoms with Gasteiger partial charge >= 0.3 is 5.97 Å². The molecule has 1 aliphatic rings. The maximum Gasteiger partial charge on any atom is 0.302 e. The Balaban J connectivity index is 0. The van der Waals surface area contributed by atoms with Gasteiger partial charge in [-0.3, -0.25) is 9.59 Å². The summed E-state index contributed by atoms with van der Waals surface area (Å²) in [6.07, 6.45) is 10.7. The highest BCUT2D eigenvalue weighted by Gasteiger charge is 2.23. The summed E-state index contributed by atoms with van der Waals surface area (Å²) in [5, 5.41) is 0. The van der Waals surface area contributed by atoms with Crippen LogP contribution in [-0.2, 0) is 14.3 Å². The molecule has 1 saturated carbocycles. The summed E-state index contributed by atoms with van der Waals surface area (Å²) < 4.78 is 5.03. The lowest BCUT2D eigenvalue weighted by molar-refractivity contribution is -0.147. The van der Waals surface area contributed by atoms with Crippen LogP contribution in [0.3, 0.4) is 0 Å². The SMILES string of the molecule is C#C.CC.CC(=O)OC1CCC(C)CC(=O)C1. The maximum atomic E-state index is 11.3. The fourth-order valence-corrected chi connectivity index (χ4v) is 1.74. The summed E-state index contributed by atoms with van der Waals surface area (Å²) >= 11 is 0. The van der Waals surface area contributed by atoms with Gasteiger partial charge in [-0.15, -0.1) is 12.8 Å². The first kappa shape index (κ1) is 18.1. The molecular weight excluding hydrogens is 216 g/mol. The average molecular weight is 240 g/mol. The summed E-state index contributed by atoms with van der Waals surface area (Å²) in [6.45, 7) is 7.45. The molecular formula is C14H24O3. The van der Waals surface area contributed by atoms with Crippen molar-refractivity contribution in [1.29, 1.82) is 0 Å². The number of carbonyl (C=O) groups is 2. The molecule has 1 rings (SSSR count). The van der Waals surface area contributed by atoms with Crippen molar-refractivity contribution in [2.75, 3.05) is 0 Å². The molecule has 0 N–H and O–H groups in total. The minimum absolute atomic E-state index is 0.171. The van der Waals surface area contributed by atoms with E-state index >= 15 is 0 Å². The molecule has 2 unspecified atom stereocenters. The van der Waals surface area contributed by atoms with Crippen LogP contribution in [-0.4, -0.2) is 17.9 Å². The van der Waals surface area contributed by atoms with Crippen LogP contribution in [0.2, 0.25) is 0 Å². The Kier molecular flexibility index (Phi) is 11.9. The molecule has 0 radical (unpaired) electrons. The van der Waals surface area contributed by atoms with E-state index in [1.54, 1.807) is 0 Å². The monoisotopic (exact) mass is 240 g/mol. The third-order valence-electron chi connectivity index (χ3n) is 2.35. The lowest BCUT2D eigenvalue weighted by Gasteiger charge is -2.12. The van der Waals surface area contributed by atoms with Crippen molar-refractivity contribution in [3.8, 4) is 12.8 Å². The number of esters is 1. The number of Topliss-reactive ketones (excluding diaryl/α,β-unsaturated/α-hetero) is 1. The van der Waals surface area contributed by atoms with E-state index in [0.29, 0.717) is 18.8 Å². The van der Waals surface area contributed by atoms with Gasteiger partial charge in [0.1, 0.15) is 11.9 Å². The number of rotatable bonds is 1. The van der Waals surface area contributed by atoms with E-state index in [0.717, 1.165) is 12.8 Å². The van der Waals surface area contributed by atoms with Gasteiger partial charge in [-0.1, -0.05) is 20.8 Å². The summed E-state index contributed by atoms with van der Waals surface area (Å²) in [5.41, 5.74) is 0. The highest BCUT2D eigenvalue weighted by atomic mass is 16.5. The zero-order valence-corrected chi connectivity index (χ0v) is 11.4. The Bertz CT molecular complexity index is 243. The van der Waals surface area contributed by atoms with Crippen molar-refractivity contribution in [3.63, 3.8) is 0 Å². The van der Waals surface area contributed by atoms with E-state index in [9.17, 15) is 9.59 Å². The number of ketones is 1. The van der Waals surface area contributed by atoms with E-state index in [1.165, 1.54) is 6.92 Å². The van der Waals surface area contributed by atoms with Crippen molar-refractivity contribution >= 4 is 11.8 Å². The highest BCUT2D eigenvalue weighted by molar-refractivity contribution is 5.79. The Labute approximate surface area is 105 Å². The molecule has 17 heavy (non-hydrogen) atoms. The Morgan fingerprint density at radius 3 is 2.24 bits per heavy atom. The first-order chi connectivity index (χ1) is 8.08. The van der Waals surface area contributed by atoms with Gasteiger partial charge in [0.2, 0.25) is 0 Å². The van der Waals surface area contributed by atoms with Crippen LogP contribution in [0.25, 0.3) is 0 Å². The van der Waals surface area contributed by atoms with Crippen LogP contribution in [0, 0.1) is 18.8 Å². The number of hydrogen-bond acceptors (Lipinski definition) is 3. The molecule has 3 nitrogen and oxygen atoms in total. The molecule has 1 fully saturated rings. The lowest BCUT2D eigenvalue weighted by Crippen LogP contribution is -2.18. The second-order valence-electron chi connectivity index (χ2n) is 3.86. The topological polar surface area (TPSA) is 43.4 Å². The first-order valence-electron chi connectivity index (χ1n) is 6.10. The number of carbonyl (C=O) groups excluding carboxylic acids is 2. The quantitative estimate of drug-likeness (QED) is 0.402. The normalized spacial score (nSPS) is 23.1.